The van der Waals surface area contributed by atoms with Crippen molar-refractivity contribution in [2.45, 2.75) is 31.0 Å². The van der Waals surface area contributed by atoms with Gasteiger partial charge in [0.1, 0.15) is 12.2 Å². The first-order chi connectivity index (χ1) is 9.88. The van der Waals surface area contributed by atoms with E-state index in [-0.39, 0.29) is 18.4 Å². The first-order valence-electron chi connectivity index (χ1n) is 7.19. The van der Waals surface area contributed by atoms with Crippen molar-refractivity contribution in [2.24, 2.45) is 0 Å². The van der Waals surface area contributed by atoms with E-state index >= 15 is 0 Å². The average Bonchev–Trinajstić information content (AvgIpc) is 3.30. The molecular weight excluding hydrogens is 258 g/mol. The number of epoxide rings is 3. The molecule has 1 aromatic rings. The van der Waals surface area contributed by atoms with Gasteiger partial charge in [0.05, 0.1) is 32.5 Å². The fraction of sp³-hybridized carbons (Fsp3) is 0.600. The van der Waals surface area contributed by atoms with Gasteiger partial charge >= 0.3 is 0 Å². The van der Waals surface area contributed by atoms with E-state index in [1.807, 2.05) is 6.07 Å². The van der Waals surface area contributed by atoms with Crippen molar-refractivity contribution in [3.63, 3.8) is 0 Å². The molecule has 1 aromatic carbocycles. The zero-order valence-corrected chi connectivity index (χ0v) is 11.3. The van der Waals surface area contributed by atoms with Gasteiger partial charge in [-0.3, -0.25) is 0 Å². The third-order valence-corrected chi connectivity index (χ3v) is 3.73. The molecule has 3 aliphatic heterocycles. The fourth-order valence-corrected chi connectivity index (χ4v) is 2.27. The van der Waals surface area contributed by atoms with E-state index in [0.29, 0.717) is 12.7 Å². The number of para-hydroxylation sites is 1. The zero-order chi connectivity index (χ0) is 13.4. The molecule has 4 atom stereocenters. The standard InChI is InChI=1S/C15H19NO4/c1-2-4-13(10(3-1)5-11-6-17-11)16-15(14-9-19-14)20-8-12-7-18-12/h1-4,11-12,14-16H,5-9H2. The van der Waals surface area contributed by atoms with Crippen molar-refractivity contribution in [1.82, 2.24) is 0 Å². The lowest BCUT2D eigenvalue weighted by Gasteiger charge is -2.20. The summed E-state index contributed by atoms with van der Waals surface area (Å²) in [6.07, 6.45) is 1.66. The minimum atomic E-state index is -0.0968. The van der Waals surface area contributed by atoms with E-state index in [0.717, 1.165) is 31.9 Å². The molecule has 3 heterocycles. The summed E-state index contributed by atoms with van der Waals surface area (Å²) < 4.78 is 21.8. The molecule has 0 amide bonds. The van der Waals surface area contributed by atoms with E-state index < -0.39 is 0 Å². The number of ether oxygens (including phenoxy) is 4. The Balaban J connectivity index is 1.41. The smallest absolute Gasteiger partial charge is 0.156 e. The number of nitrogens with one attached hydrogen (secondary N) is 1. The highest BCUT2D eigenvalue weighted by Crippen LogP contribution is 2.26. The van der Waals surface area contributed by atoms with Crippen molar-refractivity contribution in [2.75, 3.05) is 31.7 Å². The molecular formula is C15H19NO4. The van der Waals surface area contributed by atoms with Crippen LogP contribution in [0.2, 0.25) is 0 Å². The average molecular weight is 277 g/mol. The molecule has 0 bridgehead atoms. The van der Waals surface area contributed by atoms with E-state index in [1.165, 1.54) is 5.56 Å². The van der Waals surface area contributed by atoms with Gasteiger partial charge in [-0.15, -0.1) is 0 Å². The molecule has 0 aliphatic carbocycles. The third-order valence-electron chi connectivity index (χ3n) is 3.73. The van der Waals surface area contributed by atoms with Crippen LogP contribution in [0.25, 0.3) is 0 Å². The van der Waals surface area contributed by atoms with E-state index in [9.17, 15) is 0 Å². The van der Waals surface area contributed by atoms with Gasteiger partial charge in [-0.1, -0.05) is 18.2 Å². The minimum absolute atomic E-state index is 0.0968. The van der Waals surface area contributed by atoms with Crippen molar-refractivity contribution >= 4 is 5.69 Å². The molecule has 20 heavy (non-hydrogen) atoms. The molecule has 0 spiro atoms. The van der Waals surface area contributed by atoms with Gasteiger partial charge in [0, 0.05) is 12.1 Å². The quantitative estimate of drug-likeness (QED) is 0.571. The first kappa shape index (κ1) is 12.6. The number of anilines is 1. The number of rotatable bonds is 8. The van der Waals surface area contributed by atoms with Gasteiger partial charge in [-0.25, -0.2) is 0 Å². The fourth-order valence-electron chi connectivity index (χ4n) is 2.27. The number of hydrogen-bond acceptors (Lipinski definition) is 5. The lowest BCUT2D eigenvalue weighted by atomic mass is 10.1. The summed E-state index contributed by atoms with van der Waals surface area (Å²) in [5.41, 5.74) is 2.38. The normalized spacial score (nSPS) is 31.7. The van der Waals surface area contributed by atoms with Crippen LogP contribution in [-0.4, -0.2) is 51.0 Å². The van der Waals surface area contributed by atoms with Crippen molar-refractivity contribution in [1.29, 1.82) is 0 Å². The molecule has 3 aliphatic rings. The van der Waals surface area contributed by atoms with Crippen LogP contribution >= 0.6 is 0 Å². The molecule has 0 radical (unpaired) electrons. The van der Waals surface area contributed by atoms with Crippen LogP contribution in [0.5, 0.6) is 0 Å². The maximum Gasteiger partial charge on any atom is 0.156 e. The van der Waals surface area contributed by atoms with Gasteiger partial charge in [0.15, 0.2) is 6.23 Å². The predicted octanol–water partition coefficient (Wildman–Crippen LogP) is 1.18. The SMILES string of the molecule is c1ccc(NC(OCC2CO2)C2CO2)c(CC2CO2)c1. The summed E-state index contributed by atoms with van der Waals surface area (Å²) in [5.74, 6) is 0. The summed E-state index contributed by atoms with van der Waals surface area (Å²) in [5, 5.41) is 3.47. The molecule has 0 saturated carbocycles. The largest absolute Gasteiger partial charge is 0.373 e. The number of benzene rings is 1. The summed E-state index contributed by atoms with van der Waals surface area (Å²) in [4.78, 5) is 0. The van der Waals surface area contributed by atoms with E-state index in [2.05, 4.69) is 23.5 Å². The van der Waals surface area contributed by atoms with Gasteiger partial charge in [0.2, 0.25) is 0 Å². The molecule has 5 nitrogen and oxygen atoms in total. The van der Waals surface area contributed by atoms with Crippen LogP contribution in [0.4, 0.5) is 5.69 Å². The van der Waals surface area contributed by atoms with Gasteiger partial charge in [-0.05, 0) is 11.6 Å². The van der Waals surface area contributed by atoms with Crippen LogP contribution in [0.3, 0.4) is 0 Å². The van der Waals surface area contributed by atoms with Crippen molar-refractivity contribution in [3.8, 4) is 0 Å². The predicted molar refractivity (Wildman–Crippen MR) is 72.7 cm³/mol. The minimum Gasteiger partial charge on any atom is -0.373 e. The summed E-state index contributed by atoms with van der Waals surface area (Å²) >= 11 is 0. The Bertz CT molecular complexity index is 469. The van der Waals surface area contributed by atoms with E-state index in [1.54, 1.807) is 0 Å². The van der Waals surface area contributed by atoms with Crippen molar-refractivity contribution in [3.05, 3.63) is 29.8 Å². The van der Waals surface area contributed by atoms with E-state index in [4.69, 9.17) is 18.9 Å². The Hall–Kier alpha value is -1.14. The molecule has 4 rings (SSSR count). The molecule has 5 heteroatoms. The van der Waals surface area contributed by atoms with Crippen LogP contribution in [-0.2, 0) is 25.4 Å². The lowest BCUT2D eigenvalue weighted by Crippen LogP contribution is -2.31. The van der Waals surface area contributed by atoms with Crippen LogP contribution < -0.4 is 5.32 Å². The van der Waals surface area contributed by atoms with Crippen LogP contribution in [0.1, 0.15) is 5.56 Å². The first-order valence-corrected chi connectivity index (χ1v) is 7.19. The van der Waals surface area contributed by atoms with Crippen LogP contribution in [0.15, 0.2) is 24.3 Å². The van der Waals surface area contributed by atoms with Crippen LogP contribution in [0, 0.1) is 0 Å². The molecule has 0 aromatic heterocycles. The lowest BCUT2D eigenvalue weighted by molar-refractivity contribution is 0.0419. The Labute approximate surface area is 118 Å². The number of hydrogen-bond donors (Lipinski definition) is 1. The van der Waals surface area contributed by atoms with Gasteiger partial charge in [0.25, 0.3) is 0 Å². The maximum absolute atomic E-state index is 5.88. The second-order valence-corrected chi connectivity index (χ2v) is 5.54. The molecule has 1 N–H and O–H groups in total. The molecule has 3 saturated heterocycles. The summed E-state index contributed by atoms with van der Waals surface area (Å²) in [6.45, 7) is 3.08. The Morgan fingerprint density at radius 3 is 2.55 bits per heavy atom. The Morgan fingerprint density at radius 2 is 1.85 bits per heavy atom. The summed E-state index contributed by atoms with van der Waals surface area (Å²) in [6, 6.07) is 8.32. The van der Waals surface area contributed by atoms with Gasteiger partial charge < -0.3 is 24.3 Å². The topological polar surface area (TPSA) is 58.9 Å². The molecule has 4 unspecified atom stereocenters. The summed E-state index contributed by atoms with van der Waals surface area (Å²) in [7, 11) is 0. The third kappa shape index (κ3) is 3.30. The van der Waals surface area contributed by atoms with Gasteiger partial charge in [-0.2, -0.15) is 0 Å². The monoisotopic (exact) mass is 277 g/mol. The zero-order valence-electron chi connectivity index (χ0n) is 11.3. The maximum atomic E-state index is 5.88. The highest BCUT2D eigenvalue weighted by Gasteiger charge is 2.36. The second-order valence-electron chi connectivity index (χ2n) is 5.54. The molecule has 3 fully saturated rings. The molecule has 108 valence electrons. The Morgan fingerprint density at radius 1 is 1.10 bits per heavy atom. The highest BCUT2D eigenvalue weighted by atomic mass is 16.6. The van der Waals surface area contributed by atoms with Crippen molar-refractivity contribution < 1.29 is 18.9 Å². The highest BCUT2D eigenvalue weighted by molar-refractivity contribution is 5.52. The second kappa shape index (κ2) is 5.33. The Kier molecular flexibility index (Phi) is 3.36.